The highest BCUT2D eigenvalue weighted by molar-refractivity contribution is 7.93. The van der Waals surface area contributed by atoms with E-state index in [9.17, 15) is 8.42 Å². The van der Waals surface area contributed by atoms with Crippen LogP contribution in [0.5, 0.6) is 5.75 Å². The van der Waals surface area contributed by atoms with Gasteiger partial charge < -0.3 is 14.2 Å². The molecule has 0 aliphatic carbocycles. The molecule has 1 N–H and O–H groups in total. The number of halogens is 1. The lowest BCUT2D eigenvalue weighted by molar-refractivity contribution is 0.00152. The van der Waals surface area contributed by atoms with E-state index >= 15 is 0 Å². The van der Waals surface area contributed by atoms with Crippen molar-refractivity contribution in [3.05, 3.63) is 52.8 Å². The van der Waals surface area contributed by atoms with Gasteiger partial charge in [-0.3, -0.25) is 9.29 Å². The second-order valence-corrected chi connectivity index (χ2v) is 10.5. The van der Waals surface area contributed by atoms with Gasteiger partial charge in [0.2, 0.25) is 16.0 Å². The van der Waals surface area contributed by atoms with Crippen molar-refractivity contribution < 1.29 is 22.6 Å². The molecular weight excluding hydrogens is 496 g/mol. The molecule has 3 rings (SSSR count). The standard InChI is InChI=1S/C22H29ClN6O5S/c1-13(2)34-20(21-24-10-14(3)11-25-21)15(4)35(30,31)28-22-27-26-19(12-32-5)29(22)18-9-16(33-6)7-8-17(18)23/h7-11,13,15,20H,12H2,1-6H3,(H,27,28). The largest absolute Gasteiger partial charge is 0.497 e. The van der Waals surface area contributed by atoms with E-state index in [-0.39, 0.29) is 24.5 Å². The molecule has 190 valence electrons. The number of nitrogens with one attached hydrogen (secondary N) is 1. The Kier molecular flexibility index (Phi) is 8.65. The van der Waals surface area contributed by atoms with E-state index in [1.54, 1.807) is 30.6 Å². The predicted molar refractivity (Wildman–Crippen MR) is 131 cm³/mol. The molecule has 0 radical (unpaired) electrons. The van der Waals surface area contributed by atoms with Crippen LogP contribution >= 0.6 is 11.6 Å². The monoisotopic (exact) mass is 524 g/mol. The van der Waals surface area contributed by atoms with Gasteiger partial charge in [-0.1, -0.05) is 11.6 Å². The Hall–Kier alpha value is -2.80. The van der Waals surface area contributed by atoms with Crippen molar-refractivity contribution >= 4 is 27.6 Å². The lowest BCUT2D eigenvalue weighted by atomic mass is 10.2. The smallest absolute Gasteiger partial charge is 0.243 e. The fourth-order valence-electron chi connectivity index (χ4n) is 3.26. The number of rotatable bonds is 11. The number of nitrogens with zero attached hydrogens (tertiary/aromatic N) is 5. The van der Waals surface area contributed by atoms with E-state index in [1.165, 1.54) is 25.7 Å². The van der Waals surface area contributed by atoms with Crippen molar-refractivity contribution in [2.45, 2.75) is 51.8 Å². The Morgan fingerprint density at radius 1 is 1.11 bits per heavy atom. The third-order valence-corrected chi connectivity index (χ3v) is 7.03. The number of methoxy groups -OCH3 is 2. The molecule has 13 heteroatoms. The molecule has 0 aliphatic rings. The van der Waals surface area contributed by atoms with Crippen LogP contribution in [0.25, 0.3) is 5.69 Å². The van der Waals surface area contributed by atoms with Gasteiger partial charge in [0.15, 0.2) is 11.6 Å². The SMILES string of the molecule is COCc1nnc(NS(=O)(=O)C(C)C(OC(C)C)c2ncc(C)cn2)n1-c1cc(OC)ccc1Cl. The van der Waals surface area contributed by atoms with Gasteiger partial charge >= 0.3 is 0 Å². The minimum absolute atomic E-state index is 0.0628. The fraction of sp³-hybridized carbons (Fsp3) is 0.455. The summed E-state index contributed by atoms with van der Waals surface area (Å²) in [6.45, 7) is 7.05. The van der Waals surface area contributed by atoms with Crippen LogP contribution in [0.4, 0.5) is 5.95 Å². The van der Waals surface area contributed by atoms with Crippen LogP contribution in [0.3, 0.4) is 0 Å². The highest BCUT2D eigenvalue weighted by Gasteiger charge is 2.35. The van der Waals surface area contributed by atoms with E-state index in [2.05, 4.69) is 24.9 Å². The normalized spacial score (nSPS) is 13.6. The minimum Gasteiger partial charge on any atom is -0.497 e. The summed E-state index contributed by atoms with van der Waals surface area (Å²) >= 11 is 6.44. The number of benzene rings is 1. The molecule has 0 fully saturated rings. The van der Waals surface area contributed by atoms with Crippen LogP contribution in [0, 0.1) is 6.92 Å². The maximum Gasteiger partial charge on any atom is 0.243 e. The van der Waals surface area contributed by atoms with Crippen LogP contribution < -0.4 is 9.46 Å². The Morgan fingerprint density at radius 3 is 2.40 bits per heavy atom. The predicted octanol–water partition coefficient (Wildman–Crippen LogP) is 3.47. The molecular formula is C22H29ClN6O5S. The first-order valence-corrected chi connectivity index (χ1v) is 12.7. The Bertz CT molecular complexity index is 1250. The molecule has 3 aromatic rings. The number of anilines is 1. The number of sulfonamides is 1. The topological polar surface area (TPSA) is 130 Å². The average Bonchev–Trinajstić information content (AvgIpc) is 3.19. The van der Waals surface area contributed by atoms with Gasteiger partial charge in [-0.25, -0.2) is 18.4 Å². The summed E-state index contributed by atoms with van der Waals surface area (Å²) in [5.41, 5.74) is 1.27. The van der Waals surface area contributed by atoms with Crippen LogP contribution in [-0.2, 0) is 26.1 Å². The number of hydrogen-bond acceptors (Lipinski definition) is 9. The average molecular weight is 525 g/mol. The first-order chi connectivity index (χ1) is 16.6. The van der Waals surface area contributed by atoms with E-state index in [1.807, 2.05) is 20.8 Å². The van der Waals surface area contributed by atoms with E-state index in [0.717, 1.165) is 5.56 Å². The molecule has 1 aromatic carbocycles. The molecule has 35 heavy (non-hydrogen) atoms. The molecule has 0 saturated heterocycles. The molecule has 0 spiro atoms. The zero-order valence-electron chi connectivity index (χ0n) is 20.4. The number of ether oxygens (including phenoxy) is 3. The fourth-order valence-corrected chi connectivity index (χ4v) is 4.54. The zero-order chi connectivity index (χ0) is 25.8. The zero-order valence-corrected chi connectivity index (χ0v) is 22.0. The second-order valence-electron chi connectivity index (χ2n) is 8.10. The van der Waals surface area contributed by atoms with Crippen molar-refractivity contribution in [3.8, 4) is 11.4 Å². The molecule has 2 heterocycles. The molecule has 0 aliphatic heterocycles. The van der Waals surface area contributed by atoms with Gasteiger partial charge in [0.1, 0.15) is 23.7 Å². The number of hydrogen-bond donors (Lipinski definition) is 1. The summed E-state index contributed by atoms with van der Waals surface area (Å²) in [6, 6.07) is 4.97. The van der Waals surface area contributed by atoms with Crippen molar-refractivity contribution in [1.82, 2.24) is 24.7 Å². The molecule has 11 nitrogen and oxygen atoms in total. The van der Waals surface area contributed by atoms with Crippen LogP contribution in [0.1, 0.15) is 44.1 Å². The quantitative estimate of drug-likeness (QED) is 0.400. The Labute approximate surface area is 209 Å². The van der Waals surface area contributed by atoms with Gasteiger partial charge in [0.05, 0.1) is 23.9 Å². The first kappa shape index (κ1) is 26.8. The maximum absolute atomic E-state index is 13.5. The molecule has 2 unspecified atom stereocenters. The van der Waals surface area contributed by atoms with Crippen LogP contribution in [-0.4, -0.2) is 58.7 Å². The van der Waals surface area contributed by atoms with E-state index < -0.39 is 21.4 Å². The third kappa shape index (κ3) is 6.26. The lowest BCUT2D eigenvalue weighted by Crippen LogP contribution is -2.35. The van der Waals surface area contributed by atoms with Crippen molar-refractivity contribution in [1.29, 1.82) is 0 Å². The first-order valence-electron chi connectivity index (χ1n) is 10.8. The Balaban J connectivity index is 2.03. The molecule has 0 amide bonds. The molecule has 2 atom stereocenters. The van der Waals surface area contributed by atoms with Crippen molar-refractivity contribution in [2.75, 3.05) is 18.9 Å². The second kappa shape index (κ2) is 11.3. The minimum atomic E-state index is -4.07. The van der Waals surface area contributed by atoms with Crippen LogP contribution in [0.2, 0.25) is 5.02 Å². The summed E-state index contributed by atoms with van der Waals surface area (Å²) in [7, 11) is -1.06. The Morgan fingerprint density at radius 2 is 1.80 bits per heavy atom. The van der Waals surface area contributed by atoms with Gasteiger partial charge in [-0.2, -0.15) is 0 Å². The number of aromatic nitrogens is 5. The molecule has 2 aromatic heterocycles. The van der Waals surface area contributed by atoms with Gasteiger partial charge in [0.25, 0.3) is 0 Å². The summed E-state index contributed by atoms with van der Waals surface area (Å²) < 4.78 is 47.5. The highest BCUT2D eigenvalue weighted by atomic mass is 35.5. The van der Waals surface area contributed by atoms with E-state index in [0.29, 0.717) is 22.3 Å². The van der Waals surface area contributed by atoms with Gasteiger partial charge in [0, 0.05) is 25.6 Å². The summed E-state index contributed by atoms with van der Waals surface area (Å²) in [4.78, 5) is 8.58. The molecule has 0 saturated carbocycles. The maximum atomic E-state index is 13.5. The van der Waals surface area contributed by atoms with Crippen molar-refractivity contribution in [3.63, 3.8) is 0 Å². The van der Waals surface area contributed by atoms with Gasteiger partial charge in [-0.05, 0) is 45.4 Å². The van der Waals surface area contributed by atoms with E-state index in [4.69, 9.17) is 25.8 Å². The summed E-state index contributed by atoms with van der Waals surface area (Å²) in [5.74, 6) is 1.06. The highest BCUT2D eigenvalue weighted by Crippen LogP contribution is 2.31. The third-order valence-electron chi connectivity index (χ3n) is 5.02. The summed E-state index contributed by atoms with van der Waals surface area (Å²) in [5, 5.41) is 7.40. The lowest BCUT2D eigenvalue weighted by Gasteiger charge is -2.25. The number of aryl methyl sites for hydroxylation is 1. The van der Waals surface area contributed by atoms with Crippen molar-refractivity contribution in [2.24, 2.45) is 0 Å². The molecule has 0 bridgehead atoms. The summed E-state index contributed by atoms with van der Waals surface area (Å²) in [6.07, 6.45) is 2.03. The van der Waals surface area contributed by atoms with Gasteiger partial charge in [-0.15, -0.1) is 10.2 Å². The van der Waals surface area contributed by atoms with Crippen LogP contribution in [0.15, 0.2) is 30.6 Å².